The summed E-state index contributed by atoms with van der Waals surface area (Å²) in [4.78, 5) is 16.3. The minimum atomic E-state index is -0.260. The van der Waals surface area contributed by atoms with E-state index in [4.69, 9.17) is 16.3 Å². The van der Waals surface area contributed by atoms with E-state index < -0.39 is 0 Å². The van der Waals surface area contributed by atoms with Crippen molar-refractivity contribution < 1.29 is 9.53 Å². The van der Waals surface area contributed by atoms with E-state index in [1.807, 2.05) is 36.4 Å². The maximum atomic E-state index is 11.8. The van der Waals surface area contributed by atoms with Crippen molar-refractivity contribution >= 4 is 50.9 Å². The van der Waals surface area contributed by atoms with Gasteiger partial charge in [-0.15, -0.1) is 11.3 Å². The monoisotopic (exact) mass is 349 g/mol. The highest BCUT2D eigenvalue weighted by molar-refractivity contribution is 8.01. The standard InChI is InChI=1S/C16H12ClNO2S2/c17-12-5-3-4-11(8-12)9-20-15(19)10-21-16-18-13-6-1-2-7-14(13)22-16/h1-8H,9-10H2. The number of halogens is 1. The van der Waals surface area contributed by atoms with Crippen LogP contribution in [0.25, 0.3) is 10.2 Å². The Kier molecular flexibility index (Phi) is 4.97. The molecule has 6 heteroatoms. The fourth-order valence-corrected chi connectivity index (χ4v) is 3.94. The maximum absolute atomic E-state index is 11.8. The third-order valence-electron chi connectivity index (χ3n) is 2.88. The summed E-state index contributed by atoms with van der Waals surface area (Å²) in [6.45, 7) is 0.236. The van der Waals surface area contributed by atoms with Crippen LogP contribution in [-0.2, 0) is 16.1 Å². The SMILES string of the molecule is O=C(CSc1nc2ccccc2s1)OCc1cccc(Cl)c1. The molecule has 1 aromatic heterocycles. The molecule has 0 amide bonds. The second-order valence-electron chi connectivity index (χ2n) is 4.53. The van der Waals surface area contributed by atoms with Crippen LogP contribution >= 0.6 is 34.7 Å². The first-order valence-electron chi connectivity index (χ1n) is 6.59. The second kappa shape index (κ2) is 7.13. The van der Waals surface area contributed by atoms with Gasteiger partial charge in [-0.1, -0.05) is 47.6 Å². The van der Waals surface area contributed by atoms with Crippen LogP contribution in [0.4, 0.5) is 0 Å². The van der Waals surface area contributed by atoms with Crippen molar-refractivity contribution in [2.24, 2.45) is 0 Å². The molecule has 1 heterocycles. The summed E-state index contributed by atoms with van der Waals surface area (Å²) in [5, 5.41) is 0.636. The van der Waals surface area contributed by atoms with Crippen molar-refractivity contribution in [3.63, 3.8) is 0 Å². The van der Waals surface area contributed by atoms with Crippen LogP contribution in [-0.4, -0.2) is 16.7 Å². The van der Waals surface area contributed by atoms with Crippen molar-refractivity contribution in [2.45, 2.75) is 10.9 Å². The van der Waals surface area contributed by atoms with Gasteiger partial charge in [-0.2, -0.15) is 0 Å². The van der Waals surface area contributed by atoms with E-state index in [-0.39, 0.29) is 18.3 Å². The van der Waals surface area contributed by atoms with Crippen molar-refractivity contribution in [3.8, 4) is 0 Å². The van der Waals surface area contributed by atoms with E-state index in [0.29, 0.717) is 5.02 Å². The van der Waals surface area contributed by atoms with Gasteiger partial charge in [0.2, 0.25) is 0 Å². The van der Waals surface area contributed by atoms with Crippen LogP contribution in [0.3, 0.4) is 0 Å². The third-order valence-corrected chi connectivity index (χ3v) is 5.26. The summed E-state index contributed by atoms with van der Waals surface area (Å²) >= 11 is 8.87. The third kappa shape index (κ3) is 4.00. The van der Waals surface area contributed by atoms with Gasteiger partial charge >= 0.3 is 5.97 Å². The molecule has 0 N–H and O–H groups in total. The Balaban J connectivity index is 1.51. The number of thiazole rings is 1. The number of carbonyl (C=O) groups is 1. The number of hydrogen-bond acceptors (Lipinski definition) is 5. The molecule has 0 aliphatic rings. The van der Waals surface area contributed by atoms with E-state index in [9.17, 15) is 4.79 Å². The Morgan fingerprint density at radius 3 is 2.91 bits per heavy atom. The average molecular weight is 350 g/mol. The Morgan fingerprint density at radius 1 is 1.23 bits per heavy atom. The molecule has 0 fully saturated rings. The maximum Gasteiger partial charge on any atom is 0.316 e. The summed E-state index contributed by atoms with van der Waals surface area (Å²) in [6.07, 6.45) is 0. The lowest BCUT2D eigenvalue weighted by Gasteiger charge is -2.04. The minimum Gasteiger partial charge on any atom is -0.460 e. The molecule has 0 saturated carbocycles. The summed E-state index contributed by atoms with van der Waals surface area (Å²) in [7, 11) is 0. The lowest BCUT2D eigenvalue weighted by Crippen LogP contribution is -2.07. The zero-order chi connectivity index (χ0) is 15.4. The number of thioether (sulfide) groups is 1. The van der Waals surface area contributed by atoms with Crippen LogP contribution in [0.1, 0.15) is 5.56 Å². The molecule has 0 unspecified atom stereocenters. The van der Waals surface area contributed by atoms with E-state index in [2.05, 4.69) is 4.98 Å². The number of benzene rings is 2. The highest BCUT2D eigenvalue weighted by atomic mass is 35.5. The normalized spacial score (nSPS) is 10.8. The molecule has 22 heavy (non-hydrogen) atoms. The number of fused-ring (bicyclic) bond motifs is 1. The molecule has 0 bridgehead atoms. The van der Waals surface area contributed by atoms with Gasteiger partial charge in [0.05, 0.1) is 16.0 Å². The Hall–Kier alpha value is -1.56. The molecule has 2 aromatic carbocycles. The van der Waals surface area contributed by atoms with Gasteiger partial charge in [0.15, 0.2) is 4.34 Å². The lowest BCUT2D eigenvalue weighted by atomic mass is 10.2. The zero-order valence-corrected chi connectivity index (χ0v) is 13.9. The highest BCUT2D eigenvalue weighted by Crippen LogP contribution is 2.29. The predicted molar refractivity (Wildman–Crippen MR) is 91.6 cm³/mol. The number of aromatic nitrogens is 1. The van der Waals surface area contributed by atoms with Crippen LogP contribution in [0.2, 0.25) is 5.02 Å². The van der Waals surface area contributed by atoms with Gasteiger partial charge < -0.3 is 4.74 Å². The van der Waals surface area contributed by atoms with Gasteiger partial charge in [-0.3, -0.25) is 4.79 Å². The number of para-hydroxylation sites is 1. The number of hydrogen-bond donors (Lipinski definition) is 0. The van der Waals surface area contributed by atoms with Gasteiger partial charge in [-0.05, 0) is 29.8 Å². The smallest absolute Gasteiger partial charge is 0.316 e. The fraction of sp³-hybridized carbons (Fsp3) is 0.125. The number of ether oxygens (including phenoxy) is 1. The molecular formula is C16H12ClNO2S2. The molecular weight excluding hydrogens is 338 g/mol. The lowest BCUT2D eigenvalue weighted by molar-refractivity contribution is -0.141. The van der Waals surface area contributed by atoms with Crippen molar-refractivity contribution in [1.29, 1.82) is 0 Å². The quantitative estimate of drug-likeness (QED) is 0.490. The number of carbonyl (C=O) groups excluding carboxylic acids is 1. The van der Waals surface area contributed by atoms with E-state index in [0.717, 1.165) is 20.1 Å². The topological polar surface area (TPSA) is 39.2 Å². The summed E-state index contributed by atoms with van der Waals surface area (Å²) in [5.74, 6) is -0.00959. The molecule has 112 valence electrons. The molecule has 0 saturated heterocycles. The molecule has 3 nitrogen and oxygen atoms in total. The number of esters is 1. The number of rotatable bonds is 5. The first-order chi connectivity index (χ1) is 10.7. The molecule has 0 aliphatic heterocycles. The predicted octanol–water partition coefficient (Wildman–Crippen LogP) is 4.79. The van der Waals surface area contributed by atoms with E-state index >= 15 is 0 Å². The summed E-state index contributed by atoms with van der Waals surface area (Å²) in [5.41, 5.74) is 1.84. The van der Waals surface area contributed by atoms with Crippen LogP contribution in [0.15, 0.2) is 52.9 Å². The summed E-state index contributed by atoms with van der Waals surface area (Å²) in [6, 6.07) is 15.2. The van der Waals surface area contributed by atoms with Crippen LogP contribution in [0, 0.1) is 0 Å². The van der Waals surface area contributed by atoms with Gasteiger partial charge in [0.25, 0.3) is 0 Å². The zero-order valence-electron chi connectivity index (χ0n) is 11.5. The van der Waals surface area contributed by atoms with Crippen molar-refractivity contribution in [1.82, 2.24) is 4.98 Å². The van der Waals surface area contributed by atoms with E-state index in [1.54, 1.807) is 23.5 Å². The Labute approximate surface area is 141 Å². The van der Waals surface area contributed by atoms with Gasteiger partial charge in [0.1, 0.15) is 6.61 Å². The van der Waals surface area contributed by atoms with Crippen LogP contribution < -0.4 is 0 Å². The molecule has 0 aliphatic carbocycles. The highest BCUT2D eigenvalue weighted by Gasteiger charge is 2.09. The summed E-state index contributed by atoms with van der Waals surface area (Å²) < 4.78 is 7.24. The van der Waals surface area contributed by atoms with Gasteiger partial charge in [0, 0.05) is 5.02 Å². The first-order valence-corrected chi connectivity index (χ1v) is 8.77. The second-order valence-corrected chi connectivity index (χ2v) is 7.22. The van der Waals surface area contributed by atoms with Gasteiger partial charge in [-0.25, -0.2) is 4.98 Å². The Morgan fingerprint density at radius 2 is 2.09 bits per heavy atom. The average Bonchev–Trinajstić information content (AvgIpc) is 2.94. The van der Waals surface area contributed by atoms with Crippen molar-refractivity contribution in [2.75, 3.05) is 5.75 Å². The van der Waals surface area contributed by atoms with Crippen molar-refractivity contribution in [3.05, 3.63) is 59.1 Å². The molecule has 0 radical (unpaired) electrons. The molecule has 0 spiro atoms. The number of nitrogens with zero attached hydrogens (tertiary/aromatic N) is 1. The molecule has 3 aromatic rings. The molecule has 0 atom stereocenters. The fourth-order valence-electron chi connectivity index (χ4n) is 1.87. The Bertz CT molecular complexity index is 770. The minimum absolute atomic E-state index is 0.236. The van der Waals surface area contributed by atoms with Crippen LogP contribution in [0.5, 0.6) is 0 Å². The first kappa shape index (κ1) is 15.3. The largest absolute Gasteiger partial charge is 0.460 e. The van der Waals surface area contributed by atoms with E-state index in [1.165, 1.54) is 11.8 Å². The molecule has 3 rings (SSSR count).